The maximum Gasteiger partial charge on any atom is 0.303 e. The van der Waals surface area contributed by atoms with Crippen molar-refractivity contribution in [3.05, 3.63) is 0 Å². The molecule has 0 aliphatic heterocycles. The van der Waals surface area contributed by atoms with Gasteiger partial charge in [-0.15, -0.1) is 0 Å². The molecule has 10 nitrogen and oxygen atoms in total. The van der Waals surface area contributed by atoms with Crippen molar-refractivity contribution in [1.29, 1.82) is 0 Å². The zero-order chi connectivity index (χ0) is 30.6. The molecule has 0 heterocycles. The van der Waals surface area contributed by atoms with Gasteiger partial charge in [-0.25, -0.2) is 0 Å². The molecule has 250 valence electrons. The average molecular weight is 606 g/mol. The zero-order valence-electron chi connectivity index (χ0n) is 26.7. The van der Waals surface area contributed by atoms with Crippen molar-refractivity contribution < 1.29 is 43.1 Å². The molecule has 0 radical (unpaired) electrons. The van der Waals surface area contributed by atoms with Crippen LogP contribution >= 0.6 is 0 Å². The van der Waals surface area contributed by atoms with Gasteiger partial charge >= 0.3 is 5.97 Å². The van der Waals surface area contributed by atoms with Crippen molar-refractivity contribution >= 4 is 11.9 Å². The summed E-state index contributed by atoms with van der Waals surface area (Å²) >= 11 is 0. The highest BCUT2D eigenvalue weighted by Crippen LogP contribution is 2.12. The number of unbranched alkanes of at least 4 members (excludes halogenated alkanes) is 12. The monoisotopic (exact) mass is 605 g/mol. The van der Waals surface area contributed by atoms with Crippen LogP contribution in [0, 0.1) is 0 Å². The van der Waals surface area contributed by atoms with Gasteiger partial charge in [-0.2, -0.15) is 0 Å². The van der Waals surface area contributed by atoms with Crippen LogP contribution in [-0.4, -0.2) is 103 Å². The van der Waals surface area contributed by atoms with E-state index in [0.717, 1.165) is 13.0 Å². The molecular weight excluding hydrogens is 542 g/mol. The van der Waals surface area contributed by atoms with Crippen LogP contribution in [0.3, 0.4) is 0 Å². The first-order chi connectivity index (χ1) is 20.7. The first-order valence-corrected chi connectivity index (χ1v) is 16.6. The van der Waals surface area contributed by atoms with E-state index in [1.54, 1.807) is 0 Å². The van der Waals surface area contributed by atoms with Crippen LogP contribution in [0.1, 0.15) is 110 Å². The summed E-state index contributed by atoms with van der Waals surface area (Å²) in [6, 6.07) is 0. The van der Waals surface area contributed by atoms with E-state index >= 15 is 0 Å². The molecule has 0 fully saturated rings. The Balaban J connectivity index is 3.08. The fourth-order valence-corrected chi connectivity index (χ4v) is 4.13. The highest BCUT2D eigenvalue weighted by Gasteiger charge is 2.04. The molecule has 2 N–H and O–H groups in total. The van der Waals surface area contributed by atoms with Gasteiger partial charge in [0, 0.05) is 26.2 Å². The Morgan fingerprint density at radius 3 is 1.17 bits per heavy atom. The third-order valence-electron chi connectivity index (χ3n) is 6.61. The molecule has 0 aromatic heterocycles. The minimum atomic E-state index is -0.972. The van der Waals surface area contributed by atoms with Crippen molar-refractivity contribution in [2.75, 3.05) is 85.8 Å². The van der Waals surface area contributed by atoms with Crippen molar-refractivity contribution in [1.82, 2.24) is 5.32 Å². The average Bonchev–Trinajstić information content (AvgIpc) is 2.98. The summed E-state index contributed by atoms with van der Waals surface area (Å²) in [6.45, 7) is 9.39. The first-order valence-electron chi connectivity index (χ1n) is 16.6. The number of aliphatic carboxylic acids is 1. The van der Waals surface area contributed by atoms with E-state index in [2.05, 4.69) is 12.2 Å². The Bertz CT molecular complexity index is 566. The van der Waals surface area contributed by atoms with Gasteiger partial charge in [0.05, 0.1) is 72.5 Å². The normalized spacial score (nSPS) is 11.3. The summed E-state index contributed by atoms with van der Waals surface area (Å²) in [7, 11) is 0. The van der Waals surface area contributed by atoms with Crippen LogP contribution in [0.4, 0.5) is 0 Å². The minimum Gasteiger partial charge on any atom is -0.481 e. The predicted molar refractivity (Wildman–Crippen MR) is 165 cm³/mol. The second-order valence-corrected chi connectivity index (χ2v) is 10.5. The Morgan fingerprint density at radius 1 is 0.452 bits per heavy atom. The molecule has 0 aliphatic carbocycles. The summed E-state index contributed by atoms with van der Waals surface area (Å²) < 4.78 is 33.0. The molecule has 0 aromatic rings. The van der Waals surface area contributed by atoms with Gasteiger partial charge in [-0.1, -0.05) is 84.0 Å². The largest absolute Gasteiger partial charge is 0.481 e. The van der Waals surface area contributed by atoms with Crippen molar-refractivity contribution in [3.63, 3.8) is 0 Å². The number of amides is 1. The van der Waals surface area contributed by atoms with Gasteiger partial charge in [-0.3, -0.25) is 9.59 Å². The van der Waals surface area contributed by atoms with Crippen LogP contribution in [0.5, 0.6) is 0 Å². The number of carbonyl (C=O) groups is 2. The van der Waals surface area contributed by atoms with E-state index < -0.39 is 5.97 Å². The number of hydrogen-bond donors (Lipinski definition) is 2. The number of hydrogen-bond acceptors (Lipinski definition) is 8. The second-order valence-electron chi connectivity index (χ2n) is 10.5. The summed E-state index contributed by atoms with van der Waals surface area (Å²) in [6.07, 6.45) is 18.2. The number of rotatable bonds is 36. The third kappa shape index (κ3) is 36.7. The lowest BCUT2D eigenvalue weighted by Crippen LogP contribution is -2.25. The third-order valence-corrected chi connectivity index (χ3v) is 6.61. The van der Waals surface area contributed by atoms with E-state index in [0.29, 0.717) is 85.6 Å². The van der Waals surface area contributed by atoms with E-state index in [1.165, 1.54) is 77.0 Å². The number of nitrogens with one attached hydrogen (secondary N) is 1. The molecule has 0 saturated carbocycles. The Hall–Kier alpha value is -1.30. The highest BCUT2D eigenvalue weighted by atomic mass is 16.6. The van der Waals surface area contributed by atoms with Gasteiger partial charge in [0.1, 0.15) is 0 Å². The summed E-state index contributed by atoms with van der Waals surface area (Å²) in [5.41, 5.74) is 0. The Morgan fingerprint density at radius 2 is 0.786 bits per heavy atom. The van der Waals surface area contributed by atoms with Gasteiger partial charge in [0.15, 0.2) is 0 Å². The lowest BCUT2D eigenvalue weighted by molar-refractivity contribution is -0.138. The van der Waals surface area contributed by atoms with E-state index in [4.69, 9.17) is 33.5 Å². The van der Waals surface area contributed by atoms with Gasteiger partial charge in [0.25, 0.3) is 0 Å². The quantitative estimate of drug-likeness (QED) is 0.0886. The second kappa shape index (κ2) is 35.9. The van der Waals surface area contributed by atoms with Crippen molar-refractivity contribution in [2.24, 2.45) is 0 Å². The molecule has 10 heteroatoms. The first kappa shape index (κ1) is 40.7. The standard InChI is InChI=1S/C32H63NO9/c1-2-3-4-5-6-7-8-9-10-11-12-13-14-19-37-21-23-39-25-27-41-29-30-42-28-26-40-24-22-38-20-15-18-33-31(34)16-17-32(35)36/h2-30H2,1H3,(H,33,34)(H,35,36). The van der Waals surface area contributed by atoms with Crippen LogP contribution in [-0.2, 0) is 38.0 Å². The summed E-state index contributed by atoms with van der Waals surface area (Å²) in [5.74, 6) is -1.23. The molecule has 42 heavy (non-hydrogen) atoms. The number of carboxylic acids is 1. The molecule has 0 spiro atoms. The molecule has 0 aliphatic rings. The molecule has 0 rings (SSSR count). The maximum absolute atomic E-state index is 11.4. The predicted octanol–water partition coefficient (Wildman–Crippen LogP) is 5.55. The molecule has 0 unspecified atom stereocenters. The van der Waals surface area contributed by atoms with Crippen molar-refractivity contribution in [2.45, 2.75) is 110 Å². The minimum absolute atomic E-state index is 0.00209. The molecular formula is C32H63NO9. The maximum atomic E-state index is 11.4. The fourth-order valence-electron chi connectivity index (χ4n) is 4.13. The topological polar surface area (TPSA) is 122 Å². The molecule has 0 atom stereocenters. The van der Waals surface area contributed by atoms with Gasteiger partial charge in [-0.05, 0) is 12.8 Å². The van der Waals surface area contributed by atoms with E-state index in [-0.39, 0.29) is 18.7 Å². The molecule has 0 bridgehead atoms. The smallest absolute Gasteiger partial charge is 0.303 e. The van der Waals surface area contributed by atoms with Crippen molar-refractivity contribution in [3.8, 4) is 0 Å². The van der Waals surface area contributed by atoms with Gasteiger partial charge < -0.3 is 38.8 Å². The number of carboxylic acid groups (broad SMARTS) is 1. The Kier molecular flexibility index (Phi) is 34.8. The summed E-state index contributed by atoms with van der Waals surface area (Å²) in [4.78, 5) is 21.7. The van der Waals surface area contributed by atoms with Crippen LogP contribution < -0.4 is 5.32 Å². The lowest BCUT2D eigenvalue weighted by Gasteiger charge is -2.08. The van der Waals surface area contributed by atoms with E-state index in [1.807, 2.05) is 0 Å². The molecule has 0 saturated heterocycles. The van der Waals surface area contributed by atoms with Gasteiger partial charge in [0.2, 0.25) is 5.91 Å². The number of ether oxygens (including phenoxy) is 6. The fraction of sp³-hybridized carbons (Fsp3) is 0.938. The highest BCUT2D eigenvalue weighted by molar-refractivity contribution is 5.80. The molecule has 1 amide bonds. The van der Waals surface area contributed by atoms with Crippen LogP contribution in [0.15, 0.2) is 0 Å². The van der Waals surface area contributed by atoms with Crippen LogP contribution in [0.25, 0.3) is 0 Å². The zero-order valence-corrected chi connectivity index (χ0v) is 26.7. The lowest BCUT2D eigenvalue weighted by atomic mass is 10.0. The summed E-state index contributed by atoms with van der Waals surface area (Å²) in [5, 5.41) is 11.2. The Labute approximate surface area is 255 Å². The van der Waals surface area contributed by atoms with E-state index in [9.17, 15) is 9.59 Å². The molecule has 0 aromatic carbocycles. The SMILES string of the molecule is CCCCCCCCCCCCCCCOCCOCCOCCOCCOCCOCCCNC(=O)CCC(=O)O. The van der Waals surface area contributed by atoms with Crippen LogP contribution in [0.2, 0.25) is 0 Å². The number of carbonyl (C=O) groups excluding carboxylic acids is 1.